The topological polar surface area (TPSA) is 71.2 Å². The van der Waals surface area contributed by atoms with Crippen LogP contribution in [0.1, 0.15) is 6.92 Å². The van der Waals surface area contributed by atoms with Crippen molar-refractivity contribution in [3.8, 4) is 0 Å². The number of carbonyl (C=O) groups is 1. The minimum absolute atomic E-state index is 0.165. The molecule has 0 bridgehead atoms. The molecular weight excluding hydrogens is 357 g/mol. The smallest absolute Gasteiger partial charge is 0.451 e. The molecule has 0 radical (unpaired) electrons. The van der Waals surface area contributed by atoms with Gasteiger partial charge in [0.2, 0.25) is 11.5 Å². The molecule has 0 amide bonds. The molecule has 21 heavy (non-hydrogen) atoms. The number of aliphatic hydroxyl groups is 1. The molecule has 0 fully saturated rings. The molecule has 0 spiro atoms. The number of azo groups is 1. The van der Waals surface area contributed by atoms with Gasteiger partial charge >= 0.3 is 12.1 Å². The maximum absolute atomic E-state index is 12.5. The number of benzene rings is 1. The molecule has 0 atom stereocenters. The summed E-state index contributed by atoms with van der Waals surface area (Å²) < 4.78 is 42.5. The van der Waals surface area contributed by atoms with Gasteiger partial charge in [0.1, 0.15) is 0 Å². The normalized spacial score (nSPS) is 13.2. The minimum atomic E-state index is -5.12. The van der Waals surface area contributed by atoms with Crippen LogP contribution in [-0.4, -0.2) is 23.9 Å². The first-order valence-electron chi connectivity index (χ1n) is 5.60. The molecule has 0 aliphatic heterocycles. The Labute approximate surface area is 126 Å². The Hall–Kier alpha value is -1.90. The van der Waals surface area contributed by atoms with Crippen molar-refractivity contribution < 1.29 is 27.8 Å². The average molecular weight is 367 g/mol. The molecule has 9 heteroatoms. The zero-order valence-corrected chi connectivity index (χ0v) is 12.3. The molecule has 0 saturated carbocycles. The Balaban J connectivity index is 3.14. The SMILES string of the molecule is CCOC(=O)/C(N=Nc1ccc(Br)cc1)=C(\O)C(F)(F)F. The molecule has 0 aliphatic rings. The van der Waals surface area contributed by atoms with Crippen molar-refractivity contribution >= 4 is 27.6 Å². The first-order chi connectivity index (χ1) is 9.75. The summed E-state index contributed by atoms with van der Waals surface area (Å²) in [7, 11) is 0. The summed E-state index contributed by atoms with van der Waals surface area (Å²) >= 11 is 3.17. The van der Waals surface area contributed by atoms with Crippen molar-refractivity contribution in [1.82, 2.24) is 0 Å². The van der Waals surface area contributed by atoms with E-state index in [4.69, 9.17) is 5.11 Å². The highest BCUT2D eigenvalue weighted by atomic mass is 79.9. The molecule has 0 unspecified atom stereocenters. The third-order valence-electron chi connectivity index (χ3n) is 2.05. The van der Waals surface area contributed by atoms with Crippen molar-refractivity contribution in [3.05, 3.63) is 40.2 Å². The number of halogens is 4. The lowest BCUT2D eigenvalue weighted by atomic mass is 10.3. The first kappa shape index (κ1) is 17.2. The van der Waals surface area contributed by atoms with Crippen LogP contribution in [-0.2, 0) is 9.53 Å². The van der Waals surface area contributed by atoms with Gasteiger partial charge in [-0.05, 0) is 31.2 Å². The molecule has 1 N–H and O–H groups in total. The Bertz CT molecular complexity index is 568. The predicted octanol–water partition coefficient (Wildman–Crippen LogP) is 4.43. The van der Waals surface area contributed by atoms with Gasteiger partial charge in [0.25, 0.3) is 0 Å². The molecule has 0 aromatic heterocycles. The van der Waals surface area contributed by atoms with E-state index in [1.807, 2.05) is 0 Å². The summed E-state index contributed by atoms with van der Waals surface area (Å²) in [5.74, 6) is -3.56. The third-order valence-corrected chi connectivity index (χ3v) is 2.58. The van der Waals surface area contributed by atoms with Gasteiger partial charge in [0.05, 0.1) is 12.3 Å². The monoisotopic (exact) mass is 366 g/mol. The lowest BCUT2D eigenvalue weighted by Gasteiger charge is -2.08. The predicted molar refractivity (Wildman–Crippen MR) is 71.0 cm³/mol. The number of allylic oxidation sites excluding steroid dienone is 1. The molecule has 0 aliphatic carbocycles. The Morgan fingerprint density at radius 2 is 1.90 bits per heavy atom. The number of hydrogen-bond acceptors (Lipinski definition) is 5. The van der Waals surface area contributed by atoms with Crippen LogP contribution in [0.25, 0.3) is 0 Å². The molecule has 1 aromatic carbocycles. The van der Waals surface area contributed by atoms with E-state index < -0.39 is 23.6 Å². The van der Waals surface area contributed by atoms with Gasteiger partial charge in [-0.2, -0.15) is 18.3 Å². The summed E-state index contributed by atoms with van der Waals surface area (Å²) in [6.45, 7) is 1.24. The third kappa shape index (κ3) is 5.18. The van der Waals surface area contributed by atoms with Crippen LogP contribution in [0.3, 0.4) is 0 Å². The number of rotatable bonds is 4. The number of carbonyl (C=O) groups excluding carboxylic acids is 1. The second kappa shape index (κ2) is 7.21. The Morgan fingerprint density at radius 1 is 1.33 bits per heavy atom. The quantitative estimate of drug-likeness (QED) is 0.371. The molecule has 1 aromatic rings. The van der Waals surface area contributed by atoms with E-state index in [-0.39, 0.29) is 12.3 Å². The van der Waals surface area contributed by atoms with E-state index in [0.29, 0.717) is 0 Å². The maximum atomic E-state index is 12.5. The van der Waals surface area contributed by atoms with Gasteiger partial charge in [0.15, 0.2) is 0 Å². The fourth-order valence-electron chi connectivity index (χ4n) is 1.13. The highest BCUT2D eigenvalue weighted by molar-refractivity contribution is 9.10. The van der Waals surface area contributed by atoms with Crippen molar-refractivity contribution in [3.63, 3.8) is 0 Å². The van der Waals surface area contributed by atoms with Crippen molar-refractivity contribution in [1.29, 1.82) is 0 Å². The van der Waals surface area contributed by atoms with Crippen LogP contribution < -0.4 is 0 Å². The number of hydrogen-bond donors (Lipinski definition) is 1. The van der Waals surface area contributed by atoms with Crippen molar-refractivity contribution in [2.75, 3.05) is 6.61 Å². The summed E-state index contributed by atoms with van der Waals surface area (Å²) in [6.07, 6.45) is -5.12. The van der Waals surface area contributed by atoms with E-state index in [1.54, 1.807) is 12.1 Å². The van der Waals surface area contributed by atoms with E-state index in [0.717, 1.165) is 4.47 Å². The number of nitrogens with zero attached hydrogens (tertiary/aromatic N) is 2. The van der Waals surface area contributed by atoms with E-state index in [1.165, 1.54) is 19.1 Å². The zero-order valence-electron chi connectivity index (χ0n) is 10.7. The zero-order chi connectivity index (χ0) is 16.0. The summed E-state index contributed by atoms with van der Waals surface area (Å²) in [5.41, 5.74) is -1.10. The second-order valence-electron chi connectivity index (χ2n) is 3.59. The molecule has 1 rings (SSSR count). The lowest BCUT2D eigenvalue weighted by molar-refractivity contribution is -0.143. The van der Waals surface area contributed by atoms with Crippen LogP contribution >= 0.6 is 15.9 Å². The molecule has 5 nitrogen and oxygen atoms in total. The van der Waals surface area contributed by atoms with E-state index >= 15 is 0 Å². The van der Waals surface area contributed by atoms with Crippen molar-refractivity contribution in [2.45, 2.75) is 13.1 Å². The maximum Gasteiger partial charge on any atom is 0.451 e. The standard InChI is InChI=1S/C12H10BrF3N2O3/c1-2-21-11(20)9(10(19)12(14,15)16)18-17-8-5-3-7(13)4-6-8/h3-6,19H,2H2,1H3/b10-9+,18-17?. The first-order valence-corrected chi connectivity index (χ1v) is 6.40. The van der Waals surface area contributed by atoms with Gasteiger partial charge < -0.3 is 9.84 Å². The number of alkyl halides is 3. The van der Waals surface area contributed by atoms with E-state index in [9.17, 15) is 18.0 Å². The van der Waals surface area contributed by atoms with Gasteiger partial charge in [-0.25, -0.2) is 4.79 Å². The summed E-state index contributed by atoms with van der Waals surface area (Å²) in [6, 6.07) is 6.10. The fourth-order valence-corrected chi connectivity index (χ4v) is 1.40. The van der Waals surface area contributed by atoms with Crippen LogP contribution in [0.15, 0.2) is 50.4 Å². The largest absolute Gasteiger partial charge is 0.502 e. The van der Waals surface area contributed by atoms with Gasteiger partial charge in [-0.15, -0.1) is 5.11 Å². The van der Waals surface area contributed by atoms with Gasteiger partial charge in [0, 0.05) is 4.47 Å². The summed E-state index contributed by atoms with van der Waals surface area (Å²) in [4.78, 5) is 11.4. The highest BCUT2D eigenvalue weighted by Crippen LogP contribution is 2.28. The van der Waals surface area contributed by atoms with Gasteiger partial charge in [-0.1, -0.05) is 15.9 Å². The van der Waals surface area contributed by atoms with Crippen LogP contribution in [0.5, 0.6) is 0 Å². The highest BCUT2D eigenvalue weighted by Gasteiger charge is 2.39. The fraction of sp³-hybridized carbons (Fsp3) is 0.250. The molecule has 0 heterocycles. The lowest BCUT2D eigenvalue weighted by Crippen LogP contribution is -2.18. The van der Waals surface area contributed by atoms with E-state index in [2.05, 4.69) is 30.9 Å². The Morgan fingerprint density at radius 3 is 2.38 bits per heavy atom. The molecule has 114 valence electrons. The van der Waals surface area contributed by atoms with Crippen molar-refractivity contribution in [2.24, 2.45) is 10.2 Å². The minimum Gasteiger partial charge on any atom is -0.502 e. The second-order valence-corrected chi connectivity index (χ2v) is 4.51. The number of aliphatic hydroxyl groups excluding tert-OH is 1. The number of ether oxygens (including phenoxy) is 1. The van der Waals surface area contributed by atoms with Crippen LogP contribution in [0.2, 0.25) is 0 Å². The number of esters is 1. The summed E-state index contributed by atoms with van der Waals surface area (Å²) in [5, 5.41) is 15.7. The van der Waals surface area contributed by atoms with Crippen LogP contribution in [0, 0.1) is 0 Å². The van der Waals surface area contributed by atoms with Gasteiger partial charge in [-0.3, -0.25) is 0 Å². The average Bonchev–Trinajstić information content (AvgIpc) is 2.40. The molecule has 0 saturated heterocycles. The van der Waals surface area contributed by atoms with Crippen LogP contribution in [0.4, 0.5) is 18.9 Å². The Kier molecular flexibility index (Phi) is 5.89. The molecular formula is C12H10BrF3N2O3.